The maximum absolute atomic E-state index is 6.46. The second kappa shape index (κ2) is 7.48. The molecule has 4 heteroatoms. The summed E-state index contributed by atoms with van der Waals surface area (Å²) in [6, 6.07) is 6.91. The van der Waals surface area contributed by atoms with Gasteiger partial charge in [0.15, 0.2) is 0 Å². The quantitative estimate of drug-likeness (QED) is 0.927. The minimum Gasteiger partial charge on any atom is -0.367 e. The average Bonchev–Trinajstić information content (AvgIpc) is 2.62. The van der Waals surface area contributed by atoms with Crippen molar-refractivity contribution >= 4 is 17.3 Å². The van der Waals surface area contributed by atoms with E-state index in [4.69, 9.17) is 17.3 Å². The van der Waals surface area contributed by atoms with Crippen molar-refractivity contribution in [2.45, 2.75) is 45.2 Å². The molecule has 1 saturated heterocycles. The number of anilines is 1. The summed E-state index contributed by atoms with van der Waals surface area (Å²) in [7, 11) is 2.22. The summed E-state index contributed by atoms with van der Waals surface area (Å²) in [5.41, 5.74) is 8.51. The van der Waals surface area contributed by atoms with Crippen LogP contribution in [0.1, 0.15) is 32.3 Å². The molecule has 118 valence electrons. The lowest BCUT2D eigenvalue weighted by Crippen LogP contribution is -2.40. The lowest BCUT2D eigenvalue weighted by Gasteiger charge is -2.34. The van der Waals surface area contributed by atoms with E-state index in [9.17, 15) is 0 Å². The fourth-order valence-electron chi connectivity index (χ4n) is 3.25. The topological polar surface area (TPSA) is 32.5 Å². The van der Waals surface area contributed by atoms with Crippen LogP contribution < -0.4 is 10.6 Å². The lowest BCUT2D eigenvalue weighted by molar-refractivity contribution is 0.328. The molecule has 1 aliphatic heterocycles. The van der Waals surface area contributed by atoms with Crippen molar-refractivity contribution in [3.63, 3.8) is 0 Å². The molecule has 2 rings (SSSR count). The van der Waals surface area contributed by atoms with Crippen molar-refractivity contribution in [2.75, 3.05) is 31.6 Å². The zero-order valence-electron chi connectivity index (χ0n) is 13.5. The number of benzene rings is 1. The van der Waals surface area contributed by atoms with Gasteiger partial charge in [-0.25, -0.2) is 0 Å². The molecule has 3 nitrogen and oxygen atoms in total. The maximum atomic E-state index is 6.46. The lowest BCUT2D eigenvalue weighted by atomic mass is 10.0. The predicted molar refractivity (Wildman–Crippen MR) is 92.3 cm³/mol. The highest BCUT2D eigenvalue weighted by molar-refractivity contribution is 6.31. The first-order valence-corrected chi connectivity index (χ1v) is 8.38. The zero-order chi connectivity index (χ0) is 15.4. The number of nitrogens with zero attached hydrogens (tertiary/aromatic N) is 2. The molecule has 1 aromatic carbocycles. The van der Waals surface area contributed by atoms with Gasteiger partial charge < -0.3 is 15.5 Å². The molecule has 1 heterocycles. The molecule has 1 fully saturated rings. The van der Waals surface area contributed by atoms with E-state index in [1.807, 2.05) is 13.0 Å². The molecular formula is C17H28ClN3. The van der Waals surface area contributed by atoms with Crippen molar-refractivity contribution in [3.05, 3.63) is 28.8 Å². The standard InChI is InChI=1S/C17H28ClN3/c1-4-14-12-20(3)9-6-10-21(14)17-8-5-7-16(18)15(17)11-13(2)19/h5,7-8,13-14H,4,6,9-12,19H2,1-3H3. The molecule has 0 aliphatic carbocycles. The van der Waals surface area contributed by atoms with Crippen LogP contribution in [0.2, 0.25) is 5.02 Å². The van der Waals surface area contributed by atoms with Crippen LogP contribution in [0.15, 0.2) is 18.2 Å². The van der Waals surface area contributed by atoms with Crippen LogP contribution in [0.5, 0.6) is 0 Å². The summed E-state index contributed by atoms with van der Waals surface area (Å²) >= 11 is 6.46. The van der Waals surface area contributed by atoms with E-state index in [2.05, 4.69) is 35.9 Å². The van der Waals surface area contributed by atoms with Crippen molar-refractivity contribution in [3.8, 4) is 0 Å². The Labute approximate surface area is 134 Å². The maximum Gasteiger partial charge on any atom is 0.0459 e. The minimum absolute atomic E-state index is 0.123. The molecule has 0 bridgehead atoms. The zero-order valence-corrected chi connectivity index (χ0v) is 14.2. The van der Waals surface area contributed by atoms with E-state index in [-0.39, 0.29) is 6.04 Å². The Hall–Kier alpha value is -0.770. The molecule has 0 aromatic heterocycles. The van der Waals surface area contributed by atoms with Gasteiger partial charge in [0.05, 0.1) is 0 Å². The fraction of sp³-hybridized carbons (Fsp3) is 0.647. The molecule has 0 saturated carbocycles. The van der Waals surface area contributed by atoms with Crippen LogP contribution >= 0.6 is 11.6 Å². The smallest absolute Gasteiger partial charge is 0.0459 e. The monoisotopic (exact) mass is 309 g/mol. The first kappa shape index (κ1) is 16.6. The first-order valence-electron chi connectivity index (χ1n) is 8.01. The van der Waals surface area contributed by atoms with Gasteiger partial charge >= 0.3 is 0 Å². The van der Waals surface area contributed by atoms with Gasteiger partial charge in [-0.15, -0.1) is 0 Å². The Balaban J connectivity index is 2.36. The summed E-state index contributed by atoms with van der Waals surface area (Å²) in [6.07, 6.45) is 3.17. The Morgan fingerprint density at radius 3 is 2.81 bits per heavy atom. The number of likely N-dealkylation sites (N-methyl/N-ethyl adjacent to an activating group) is 1. The van der Waals surface area contributed by atoms with Gasteiger partial charge in [0.1, 0.15) is 0 Å². The van der Waals surface area contributed by atoms with Gasteiger partial charge in [0, 0.05) is 35.9 Å². The Bertz CT molecular complexity index is 461. The summed E-state index contributed by atoms with van der Waals surface area (Å²) < 4.78 is 0. The van der Waals surface area contributed by atoms with Gasteiger partial charge in [0.2, 0.25) is 0 Å². The van der Waals surface area contributed by atoms with E-state index in [1.165, 1.54) is 17.7 Å². The SMILES string of the molecule is CCC1CN(C)CCCN1c1cccc(Cl)c1CC(C)N. The van der Waals surface area contributed by atoms with Crippen LogP contribution in [0.4, 0.5) is 5.69 Å². The molecule has 1 aliphatic rings. The number of hydrogen-bond donors (Lipinski definition) is 1. The third-order valence-corrected chi connectivity index (χ3v) is 4.66. The highest BCUT2D eigenvalue weighted by atomic mass is 35.5. The molecule has 0 radical (unpaired) electrons. The summed E-state index contributed by atoms with van der Waals surface area (Å²) in [6.45, 7) is 7.68. The molecule has 0 spiro atoms. The van der Waals surface area contributed by atoms with Gasteiger partial charge in [-0.1, -0.05) is 24.6 Å². The van der Waals surface area contributed by atoms with Crippen molar-refractivity contribution < 1.29 is 0 Å². The molecule has 2 N–H and O–H groups in total. The van der Waals surface area contributed by atoms with E-state index >= 15 is 0 Å². The van der Waals surface area contributed by atoms with Gasteiger partial charge in [-0.3, -0.25) is 0 Å². The number of nitrogens with two attached hydrogens (primary N) is 1. The van der Waals surface area contributed by atoms with Gasteiger partial charge in [0.25, 0.3) is 0 Å². The van der Waals surface area contributed by atoms with Crippen molar-refractivity contribution in [1.29, 1.82) is 0 Å². The molecule has 21 heavy (non-hydrogen) atoms. The van der Waals surface area contributed by atoms with Crippen molar-refractivity contribution in [1.82, 2.24) is 4.90 Å². The average molecular weight is 310 g/mol. The third-order valence-electron chi connectivity index (χ3n) is 4.30. The van der Waals surface area contributed by atoms with Crippen LogP contribution in [0, 0.1) is 0 Å². The van der Waals surface area contributed by atoms with Crippen molar-refractivity contribution in [2.24, 2.45) is 5.73 Å². The Kier molecular flexibility index (Phi) is 5.91. The van der Waals surface area contributed by atoms with E-state index in [0.717, 1.165) is 37.5 Å². The first-order chi connectivity index (χ1) is 10.0. The van der Waals surface area contributed by atoms with E-state index < -0.39 is 0 Å². The Morgan fingerprint density at radius 1 is 1.38 bits per heavy atom. The third kappa shape index (κ3) is 4.12. The molecule has 2 atom stereocenters. The highest BCUT2D eigenvalue weighted by Gasteiger charge is 2.24. The highest BCUT2D eigenvalue weighted by Crippen LogP contribution is 2.31. The second-order valence-electron chi connectivity index (χ2n) is 6.29. The van der Waals surface area contributed by atoms with Crippen LogP contribution in [-0.2, 0) is 6.42 Å². The number of hydrogen-bond acceptors (Lipinski definition) is 3. The molecule has 0 amide bonds. The summed E-state index contributed by atoms with van der Waals surface area (Å²) in [5, 5.41) is 0.845. The van der Waals surface area contributed by atoms with E-state index in [0.29, 0.717) is 6.04 Å². The predicted octanol–water partition coefficient (Wildman–Crippen LogP) is 3.15. The number of rotatable bonds is 4. The summed E-state index contributed by atoms with van der Waals surface area (Å²) in [4.78, 5) is 4.98. The van der Waals surface area contributed by atoms with Gasteiger partial charge in [-0.2, -0.15) is 0 Å². The minimum atomic E-state index is 0.123. The normalized spacial score (nSPS) is 22.1. The molecule has 2 unspecified atom stereocenters. The molecular weight excluding hydrogens is 282 g/mol. The summed E-state index contributed by atoms with van der Waals surface area (Å²) in [5.74, 6) is 0. The van der Waals surface area contributed by atoms with Crippen LogP contribution in [0.3, 0.4) is 0 Å². The fourth-order valence-corrected chi connectivity index (χ4v) is 3.50. The largest absolute Gasteiger partial charge is 0.367 e. The number of halogens is 1. The van der Waals surface area contributed by atoms with Gasteiger partial charge in [-0.05, 0) is 57.5 Å². The second-order valence-corrected chi connectivity index (χ2v) is 6.70. The molecule has 1 aromatic rings. The Morgan fingerprint density at radius 2 is 2.14 bits per heavy atom. The van der Waals surface area contributed by atoms with Crippen LogP contribution in [-0.4, -0.2) is 43.7 Å². The van der Waals surface area contributed by atoms with Crippen LogP contribution in [0.25, 0.3) is 0 Å². The van der Waals surface area contributed by atoms with E-state index in [1.54, 1.807) is 0 Å².